The molecular weight excluding hydrogens is 236 g/mol. The third kappa shape index (κ3) is 3.41. The van der Waals surface area contributed by atoms with Gasteiger partial charge in [0.05, 0.1) is 21.3 Å². The van der Waals surface area contributed by atoms with Gasteiger partial charge in [0.15, 0.2) is 11.5 Å². The first-order valence-corrected chi connectivity index (χ1v) is 5.30. The van der Waals surface area contributed by atoms with Gasteiger partial charge in [0.2, 0.25) is 5.75 Å². The van der Waals surface area contributed by atoms with E-state index in [0.717, 1.165) is 11.6 Å². The molecule has 0 aliphatic carbocycles. The molecule has 5 heteroatoms. The molecule has 1 N–H and O–H groups in total. The largest absolute Gasteiger partial charge is 0.493 e. The molecule has 0 saturated heterocycles. The van der Waals surface area contributed by atoms with Crippen LogP contribution in [0.15, 0.2) is 24.3 Å². The van der Waals surface area contributed by atoms with E-state index in [1.807, 2.05) is 0 Å². The Hall–Kier alpha value is -2.17. The van der Waals surface area contributed by atoms with Crippen molar-refractivity contribution in [1.29, 1.82) is 0 Å². The molecule has 0 amide bonds. The molecule has 0 atom stereocenters. The normalized spacial score (nSPS) is 10.4. The fraction of sp³-hybridized carbons (Fsp3) is 0.308. The summed E-state index contributed by atoms with van der Waals surface area (Å²) in [5.74, 6) is 0.652. The fourth-order valence-electron chi connectivity index (χ4n) is 1.55. The third-order valence-electron chi connectivity index (χ3n) is 2.34. The van der Waals surface area contributed by atoms with Crippen LogP contribution in [-0.4, -0.2) is 32.4 Å². The number of aliphatic carboxylic acids is 1. The molecule has 0 unspecified atom stereocenters. The summed E-state index contributed by atoms with van der Waals surface area (Å²) in [6, 6.07) is 3.57. The van der Waals surface area contributed by atoms with Crippen LogP contribution in [0.3, 0.4) is 0 Å². The van der Waals surface area contributed by atoms with Gasteiger partial charge in [-0.2, -0.15) is 0 Å². The lowest BCUT2D eigenvalue weighted by molar-refractivity contribution is -0.131. The molecule has 5 nitrogen and oxygen atoms in total. The Bertz CT molecular complexity index is 426. The van der Waals surface area contributed by atoms with Crippen LogP contribution >= 0.6 is 0 Å². The van der Waals surface area contributed by atoms with Crippen molar-refractivity contribution in [2.45, 2.75) is 6.42 Å². The van der Waals surface area contributed by atoms with Crippen LogP contribution in [0.5, 0.6) is 17.2 Å². The van der Waals surface area contributed by atoms with Crippen molar-refractivity contribution in [3.8, 4) is 17.2 Å². The van der Waals surface area contributed by atoms with Crippen molar-refractivity contribution in [3.63, 3.8) is 0 Å². The summed E-state index contributed by atoms with van der Waals surface area (Å²) in [6.07, 6.45) is 3.13. The summed E-state index contributed by atoms with van der Waals surface area (Å²) in [5, 5.41) is 8.52. The molecule has 0 aliphatic rings. The van der Waals surface area contributed by atoms with E-state index in [1.165, 1.54) is 21.3 Å². The molecule has 0 spiro atoms. The average Bonchev–Trinajstić information content (AvgIpc) is 2.36. The number of methoxy groups -OCH3 is 3. The first-order valence-electron chi connectivity index (χ1n) is 5.30. The van der Waals surface area contributed by atoms with Crippen molar-refractivity contribution < 1.29 is 24.1 Å². The van der Waals surface area contributed by atoms with Crippen molar-refractivity contribution in [2.24, 2.45) is 0 Å². The predicted octanol–water partition coefficient (Wildman–Crippen LogP) is 1.90. The highest BCUT2D eigenvalue weighted by Crippen LogP contribution is 2.38. The summed E-state index contributed by atoms with van der Waals surface area (Å²) in [6.45, 7) is 0. The second kappa shape index (κ2) is 6.54. The first-order chi connectivity index (χ1) is 8.62. The van der Waals surface area contributed by atoms with E-state index in [0.29, 0.717) is 23.7 Å². The summed E-state index contributed by atoms with van der Waals surface area (Å²) in [4.78, 5) is 10.4. The summed E-state index contributed by atoms with van der Waals surface area (Å²) in [5.41, 5.74) is 0.877. The standard InChI is InChI=1S/C13H16O5/c1-16-10-7-9(5-4-6-12(14)15)8-11(17-2)13(10)18-3/h4,6-8H,5H2,1-3H3,(H,14,15). The van der Waals surface area contributed by atoms with Crippen molar-refractivity contribution in [3.05, 3.63) is 29.8 Å². The fourth-order valence-corrected chi connectivity index (χ4v) is 1.55. The maximum Gasteiger partial charge on any atom is 0.327 e. The maximum atomic E-state index is 10.4. The van der Waals surface area contributed by atoms with Gasteiger partial charge in [-0.15, -0.1) is 0 Å². The number of allylic oxidation sites excluding steroid dienone is 1. The van der Waals surface area contributed by atoms with Gasteiger partial charge in [0, 0.05) is 6.08 Å². The second-order valence-corrected chi connectivity index (χ2v) is 3.48. The highest BCUT2D eigenvalue weighted by atomic mass is 16.5. The number of rotatable bonds is 6. The molecule has 1 aromatic carbocycles. The van der Waals surface area contributed by atoms with Gasteiger partial charge in [0.25, 0.3) is 0 Å². The van der Waals surface area contributed by atoms with Crippen LogP contribution in [0.25, 0.3) is 0 Å². The molecule has 0 aliphatic heterocycles. The molecule has 0 heterocycles. The Kier molecular flexibility index (Phi) is 5.05. The SMILES string of the molecule is COc1cc(CC=CC(=O)O)cc(OC)c1OC. The molecule has 1 rings (SSSR count). The second-order valence-electron chi connectivity index (χ2n) is 3.48. The molecule has 1 aromatic rings. The van der Waals surface area contributed by atoms with Crippen LogP contribution in [0, 0.1) is 0 Å². The van der Waals surface area contributed by atoms with Crippen LogP contribution < -0.4 is 14.2 Å². The topological polar surface area (TPSA) is 65.0 Å². The maximum absolute atomic E-state index is 10.4. The molecule has 0 aromatic heterocycles. The Morgan fingerprint density at radius 2 is 1.72 bits per heavy atom. The minimum absolute atomic E-state index is 0.475. The monoisotopic (exact) mass is 252 g/mol. The smallest absolute Gasteiger partial charge is 0.327 e. The Morgan fingerprint density at radius 3 is 2.11 bits per heavy atom. The van der Waals surface area contributed by atoms with Gasteiger partial charge in [-0.25, -0.2) is 4.79 Å². The van der Waals surface area contributed by atoms with Crippen LogP contribution in [-0.2, 0) is 11.2 Å². The van der Waals surface area contributed by atoms with E-state index in [1.54, 1.807) is 18.2 Å². The molecule has 0 fully saturated rings. The number of hydrogen-bond acceptors (Lipinski definition) is 4. The molecule has 98 valence electrons. The Morgan fingerprint density at radius 1 is 1.17 bits per heavy atom. The number of ether oxygens (including phenoxy) is 3. The van der Waals surface area contributed by atoms with E-state index in [4.69, 9.17) is 19.3 Å². The van der Waals surface area contributed by atoms with Gasteiger partial charge in [0.1, 0.15) is 0 Å². The zero-order chi connectivity index (χ0) is 13.5. The van der Waals surface area contributed by atoms with Crippen molar-refractivity contribution in [2.75, 3.05) is 21.3 Å². The average molecular weight is 252 g/mol. The molecule has 0 bridgehead atoms. The van der Waals surface area contributed by atoms with Gasteiger partial charge < -0.3 is 19.3 Å². The lowest BCUT2D eigenvalue weighted by atomic mass is 10.1. The van der Waals surface area contributed by atoms with Crippen LogP contribution in [0.1, 0.15) is 5.56 Å². The molecular formula is C13H16O5. The summed E-state index contributed by atoms with van der Waals surface area (Å²) >= 11 is 0. The van der Waals surface area contributed by atoms with E-state index >= 15 is 0 Å². The lowest BCUT2D eigenvalue weighted by Gasteiger charge is -2.13. The Balaban J connectivity index is 3.03. The molecule has 0 saturated carbocycles. The highest BCUT2D eigenvalue weighted by Gasteiger charge is 2.12. The lowest BCUT2D eigenvalue weighted by Crippen LogP contribution is -1.97. The summed E-state index contributed by atoms with van der Waals surface area (Å²) < 4.78 is 15.6. The third-order valence-corrected chi connectivity index (χ3v) is 2.34. The van der Waals surface area contributed by atoms with Crippen molar-refractivity contribution in [1.82, 2.24) is 0 Å². The zero-order valence-corrected chi connectivity index (χ0v) is 10.6. The number of carboxylic acids is 1. The van der Waals surface area contributed by atoms with Gasteiger partial charge in [-0.3, -0.25) is 0 Å². The quantitative estimate of drug-likeness (QED) is 0.783. The predicted molar refractivity (Wildman–Crippen MR) is 66.6 cm³/mol. The number of benzene rings is 1. The van der Waals surface area contributed by atoms with E-state index < -0.39 is 5.97 Å². The number of carboxylic acid groups (broad SMARTS) is 1. The number of carbonyl (C=O) groups is 1. The minimum Gasteiger partial charge on any atom is -0.493 e. The number of hydrogen-bond donors (Lipinski definition) is 1. The van der Waals surface area contributed by atoms with E-state index in [9.17, 15) is 4.79 Å². The van der Waals surface area contributed by atoms with Crippen LogP contribution in [0.4, 0.5) is 0 Å². The minimum atomic E-state index is -0.970. The van der Waals surface area contributed by atoms with Crippen LogP contribution in [0.2, 0.25) is 0 Å². The molecule has 0 radical (unpaired) electrons. The van der Waals surface area contributed by atoms with E-state index in [-0.39, 0.29) is 0 Å². The zero-order valence-electron chi connectivity index (χ0n) is 10.6. The summed E-state index contributed by atoms with van der Waals surface area (Å²) in [7, 11) is 4.60. The Labute approximate surface area is 106 Å². The van der Waals surface area contributed by atoms with Gasteiger partial charge in [-0.1, -0.05) is 6.08 Å². The molecule has 18 heavy (non-hydrogen) atoms. The van der Waals surface area contributed by atoms with Gasteiger partial charge in [-0.05, 0) is 24.1 Å². The van der Waals surface area contributed by atoms with E-state index in [2.05, 4.69) is 0 Å². The highest BCUT2D eigenvalue weighted by molar-refractivity contribution is 5.79. The van der Waals surface area contributed by atoms with Crippen molar-refractivity contribution >= 4 is 5.97 Å². The first kappa shape index (κ1) is 13.9. The van der Waals surface area contributed by atoms with Gasteiger partial charge >= 0.3 is 5.97 Å².